The number of carbonyl (C=O) groups excluding carboxylic acids is 1. The Bertz CT molecular complexity index is 913. The third-order valence-electron chi connectivity index (χ3n) is 5.06. The number of amides is 1. The van der Waals surface area contributed by atoms with Crippen molar-refractivity contribution >= 4 is 23.5 Å². The Balaban J connectivity index is 1.59. The van der Waals surface area contributed by atoms with E-state index in [0.717, 1.165) is 11.1 Å². The van der Waals surface area contributed by atoms with Crippen LogP contribution in [0, 0.1) is 0 Å². The van der Waals surface area contributed by atoms with Crippen LogP contribution >= 0.6 is 0 Å². The van der Waals surface area contributed by atoms with Crippen LogP contribution in [0.1, 0.15) is 23.5 Å². The molecule has 27 heavy (non-hydrogen) atoms. The van der Waals surface area contributed by atoms with Gasteiger partial charge >= 0.3 is 0 Å². The molecule has 0 aliphatic carbocycles. The number of nitrogens with zero attached hydrogens (tertiary/aromatic N) is 3. The first kappa shape index (κ1) is 16.1. The van der Waals surface area contributed by atoms with E-state index in [1.807, 2.05) is 23.1 Å². The maximum absolute atomic E-state index is 12.4. The van der Waals surface area contributed by atoms with Crippen molar-refractivity contribution in [1.29, 1.82) is 0 Å². The lowest BCUT2D eigenvalue weighted by atomic mass is 9.85. The van der Waals surface area contributed by atoms with Crippen molar-refractivity contribution < 1.29 is 19.0 Å². The van der Waals surface area contributed by atoms with Crippen LogP contribution in [0.3, 0.4) is 0 Å². The minimum Gasteiger partial charge on any atom is -0.454 e. The number of hydrogen-bond donors (Lipinski definition) is 2. The smallest absolute Gasteiger partial charge is 0.231 e. The minimum atomic E-state index is -0.288. The van der Waals surface area contributed by atoms with Crippen molar-refractivity contribution in [2.75, 3.05) is 49.0 Å². The average Bonchev–Trinajstić information content (AvgIpc) is 3.16. The molecule has 3 aliphatic heterocycles. The van der Waals surface area contributed by atoms with Gasteiger partial charge < -0.3 is 30.2 Å². The van der Waals surface area contributed by atoms with E-state index in [0.29, 0.717) is 55.4 Å². The number of rotatable bonds is 2. The SMILES string of the molecule is Nc1nc(N2CCOCC2)nc2c1C(c1cccc3c1OCO3)CC(=O)N2. The zero-order chi connectivity index (χ0) is 18.4. The van der Waals surface area contributed by atoms with E-state index in [9.17, 15) is 4.79 Å². The first-order valence-corrected chi connectivity index (χ1v) is 8.89. The fraction of sp³-hybridized carbons (Fsp3) is 0.389. The van der Waals surface area contributed by atoms with Crippen LogP contribution in [-0.4, -0.2) is 49.0 Å². The molecule has 1 fully saturated rings. The van der Waals surface area contributed by atoms with Crippen LogP contribution in [0.25, 0.3) is 0 Å². The van der Waals surface area contributed by atoms with Gasteiger partial charge in [-0.25, -0.2) is 0 Å². The second kappa shape index (κ2) is 6.27. The molecule has 4 heterocycles. The van der Waals surface area contributed by atoms with Crippen LogP contribution in [0.15, 0.2) is 18.2 Å². The molecule has 0 spiro atoms. The van der Waals surface area contributed by atoms with Crippen LogP contribution in [-0.2, 0) is 9.53 Å². The van der Waals surface area contributed by atoms with Crippen LogP contribution in [0.4, 0.5) is 17.6 Å². The Morgan fingerprint density at radius 1 is 1.19 bits per heavy atom. The molecular weight excluding hydrogens is 350 g/mol. The molecule has 1 aromatic heterocycles. The predicted molar refractivity (Wildman–Crippen MR) is 97.1 cm³/mol. The quantitative estimate of drug-likeness (QED) is 0.809. The van der Waals surface area contributed by atoms with Crippen LogP contribution in [0.5, 0.6) is 11.5 Å². The third-order valence-corrected chi connectivity index (χ3v) is 5.06. The van der Waals surface area contributed by atoms with Gasteiger partial charge in [-0.15, -0.1) is 0 Å². The monoisotopic (exact) mass is 369 g/mol. The summed E-state index contributed by atoms with van der Waals surface area (Å²) in [6, 6.07) is 5.65. The van der Waals surface area contributed by atoms with Crippen LogP contribution < -0.4 is 25.4 Å². The lowest BCUT2D eigenvalue weighted by Crippen LogP contribution is -2.38. The van der Waals surface area contributed by atoms with E-state index in [1.54, 1.807) is 0 Å². The van der Waals surface area contributed by atoms with E-state index < -0.39 is 0 Å². The number of para-hydroxylation sites is 1. The summed E-state index contributed by atoms with van der Waals surface area (Å²) in [5.41, 5.74) is 7.91. The number of morpholine rings is 1. The van der Waals surface area contributed by atoms with Gasteiger partial charge in [-0.3, -0.25) is 4.79 Å². The standard InChI is InChI=1S/C18H19N5O4/c19-16-14-11(10-2-1-3-12-15(10)27-9-26-12)8-13(24)20-17(14)22-18(21-16)23-4-6-25-7-5-23/h1-3,11H,4-9H2,(H3,19,20,21,22,24). The molecule has 1 saturated heterocycles. The zero-order valence-electron chi connectivity index (χ0n) is 14.6. The highest BCUT2D eigenvalue weighted by atomic mass is 16.7. The number of ether oxygens (including phenoxy) is 3. The summed E-state index contributed by atoms with van der Waals surface area (Å²) in [5.74, 6) is 2.25. The Kier molecular flexibility index (Phi) is 3.75. The summed E-state index contributed by atoms with van der Waals surface area (Å²) in [5, 5.41) is 2.85. The van der Waals surface area contributed by atoms with Crippen molar-refractivity contribution in [3.05, 3.63) is 29.3 Å². The summed E-state index contributed by atoms with van der Waals surface area (Å²) in [4.78, 5) is 23.5. The highest BCUT2D eigenvalue weighted by Gasteiger charge is 2.35. The molecule has 3 aliphatic rings. The number of anilines is 3. The molecule has 3 N–H and O–H groups in total. The van der Waals surface area contributed by atoms with Gasteiger partial charge in [0, 0.05) is 36.6 Å². The van der Waals surface area contributed by atoms with Crippen molar-refractivity contribution in [2.24, 2.45) is 0 Å². The summed E-state index contributed by atoms with van der Waals surface area (Å²) >= 11 is 0. The van der Waals surface area contributed by atoms with Crippen molar-refractivity contribution in [2.45, 2.75) is 12.3 Å². The van der Waals surface area contributed by atoms with Crippen LogP contribution in [0.2, 0.25) is 0 Å². The van der Waals surface area contributed by atoms with E-state index in [1.165, 1.54) is 0 Å². The topological polar surface area (TPSA) is 112 Å². The summed E-state index contributed by atoms with van der Waals surface area (Å²) < 4.78 is 16.5. The minimum absolute atomic E-state index is 0.116. The number of benzene rings is 1. The number of carbonyl (C=O) groups is 1. The maximum Gasteiger partial charge on any atom is 0.231 e. The molecule has 1 aromatic carbocycles. The fourth-order valence-electron chi connectivity index (χ4n) is 3.78. The van der Waals surface area contributed by atoms with E-state index in [2.05, 4.69) is 15.3 Å². The maximum atomic E-state index is 12.4. The Morgan fingerprint density at radius 2 is 2.04 bits per heavy atom. The molecule has 1 amide bonds. The Morgan fingerprint density at radius 3 is 2.89 bits per heavy atom. The van der Waals surface area contributed by atoms with Gasteiger partial charge in [0.05, 0.1) is 13.2 Å². The molecule has 5 rings (SSSR count). The number of hydrogen-bond acceptors (Lipinski definition) is 8. The molecule has 0 saturated carbocycles. The van der Waals surface area contributed by atoms with E-state index in [4.69, 9.17) is 19.9 Å². The number of fused-ring (bicyclic) bond motifs is 2. The van der Waals surface area contributed by atoms with Gasteiger partial charge in [0.15, 0.2) is 11.5 Å². The second-order valence-corrected chi connectivity index (χ2v) is 6.66. The predicted octanol–water partition coefficient (Wildman–Crippen LogP) is 1.10. The van der Waals surface area contributed by atoms with Gasteiger partial charge in [0.25, 0.3) is 0 Å². The first-order chi connectivity index (χ1) is 13.2. The highest BCUT2D eigenvalue weighted by Crippen LogP contribution is 2.46. The molecule has 1 atom stereocenters. The number of nitrogen functional groups attached to an aromatic ring is 1. The van der Waals surface area contributed by atoms with Gasteiger partial charge in [0.1, 0.15) is 11.6 Å². The molecule has 140 valence electrons. The molecule has 0 bridgehead atoms. The summed E-state index contributed by atoms with van der Waals surface area (Å²) in [6.07, 6.45) is 0.247. The van der Waals surface area contributed by atoms with Gasteiger partial charge in [0.2, 0.25) is 18.6 Å². The van der Waals surface area contributed by atoms with Crippen molar-refractivity contribution in [1.82, 2.24) is 9.97 Å². The van der Waals surface area contributed by atoms with Gasteiger partial charge in [-0.1, -0.05) is 12.1 Å². The lowest BCUT2D eigenvalue weighted by molar-refractivity contribution is -0.116. The summed E-state index contributed by atoms with van der Waals surface area (Å²) in [7, 11) is 0. The molecule has 1 unspecified atom stereocenters. The van der Waals surface area contributed by atoms with E-state index >= 15 is 0 Å². The number of aromatic nitrogens is 2. The highest BCUT2D eigenvalue weighted by molar-refractivity contribution is 5.95. The number of nitrogens with one attached hydrogen (secondary N) is 1. The third kappa shape index (κ3) is 2.71. The number of nitrogens with two attached hydrogens (primary N) is 1. The molecular formula is C18H19N5O4. The molecule has 9 nitrogen and oxygen atoms in total. The molecule has 2 aromatic rings. The normalized spacial score (nSPS) is 21.0. The molecule has 0 radical (unpaired) electrons. The Hall–Kier alpha value is -3.07. The van der Waals surface area contributed by atoms with E-state index in [-0.39, 0.29) is 25.0 Å². The summed E-state index contributed by atoms with van der Waals surface area (Å²) in [6.45, 7) is 2.77. The molecule has 9 heteroatoms. The van der Waals surface area contributed by atoms with Crippen molar-refractivity contribution in [3.8, 4) is 11.5 Å². The second-order valence-electron chi connectivity index (χ2n) is 6.66. The largest absolute Gasteiger partial charge is 0.454 e. The lowest BCUT2D eigenvalue weighted by Gasteiger charge is -2.30. The zero-order valence-corrected chi connectivity index (χ0v) is 14.6. The van der Waals surface area contributed by atoms with Gasteiger partial charge in [-0.2, -0.15) is 9.97 Å². The average molecular weight is 369 g/mol. The fourth-order valence-corrected chi connectivity index (χ4v) is 3.78. The van der Waals surface area contributed by atoms with Gasteiger partial charge in [-0.05, 0) is 6.07 Å². The Labute approximate surface area is 155 Å². The first-order valence-electron chi connectivity index (χ1n) is 8.89. The van der Waals surface area contributed by atoms with Crippen molar-refractivity contribution in [3.63, 3.8) is 0 Å².